The first-order chi connectivity index (χ1) is 6.47. The summed E-state index contributed by atoms with van der Waals surface area (Å²) in [6, 6.07) is 0. The molecule has 0 saturated carbocycles. The van der Waals surface area contributed by atoms with Gasteiger partial charge in [-0.25, -0.2) is 4.98 Å². The topological polar surface area (TPSA) is 36.4 Å². The molecule has 0 bridgehead atoms. The third-order valence-corrected chi connectivity index (χ3v) is 3.57. The Hall–Kier alpha value is -0.450. The normalized spacial score (nSPS) is 12.4. The van der Waals surface area contributed by atoms with Crippen molar-refractivity contribution in [3.63, 3.8) is 0 Å². The fraction of sp³-hybridized carbons (Fsp3) is 0.700. The Morgan fingerprint density at radius 1 is 1.57 bits per heavy atom. The molecule has 1 aromatic heterocycles. The van der Waals surface area contributed by atoms with E-state index in [4.69, 9.17) is 0 Å². The predicted molar refractivity (Wildman–Crippen MR) is 59.5 cm³/mol. The van der Waals surface area contributed by atoms with Gasteiger partial charge in [0.25, 0.3) is 0 Å². The quantitative estimate of drug-likeness (QED) is 0.828. The molecule has 0 spiro atoms. The Labute approximate surface area is 89.4 Å². The molecule has 1 rings (SSSR count). The molecular weight excluding hydrogens is 196 g/mol. The van der Waals surface area contributed by atoms with Crippen LogP contribution in [0.2, 0.25) is 0 Å². The Balaban J connectivity index is 2.66. The van der Waals surface area contributed by atoms with Crippen LogP contribution >= 0.6 is 11.3 Å². The number of aromatic nitrogens is 1. The molecule has 0 amide bonds. The van der Waals surface area contributed by atoms with Crippen molar-refractivity contribution in [1.82, 2.24) is 9.88 Å². The van der Waals surface area contributed by atoms with Crippen LogP contribution in [0.25, 0.3) is 0 Å². The Morgan fingerprint density at radius 3 is 2.64 bits per heavy atom. The summed E-state index contributed by atoms with van der Waals surface area (Å²) < 4.78 is 0. The lowest BCUT2D eigenvalue weighted by Crippen LogP contribution is -2.43. The summed E-state index contributed by atoms with van der Waals surface area (Å²) in [4.78, 5) is 7.63. The molecule has 14 heavy (non-hydrogen) atoms. The molecule has 4 heteroatoms. The summed E-state index contributed by atoms with van der Waals surface area (Å²) in [5.41, 5.74) is 2.79. The summed E-state index contributed by atoms with van der Waals surface area (Å²) in [5.74, 6) is 0. The molecule has 80 valence electrons. The first-order valence-electron chi connectivity index (χ1n) is 4.68. The van der Waals surface area contributed by atoms with Crippen molar-refractivity contribution < 1.29 is 5.11 Å². The summed E-state index contributed by atoms with van der Waals surface area (Å²) in [6.45, 7) is 7.10. The van der Waals surface area contributed by atoms with Gasteiger partial charge in [0, 0.05) is 17.0 Å². The number of aryl methyl sites for hydroxylation is 1. The lowest BCUT2D eigenvalue weighted by Gasteiger charge is -2.33. The number of nitrogens with zero attached hydrogens (tertiary/aromatic N) is 2. The minimum Gasteiger partial charge on any atom is -0.394 e. The summed E-state index contributed by atoms with van der Waals surface area (Å²) in [6.07, 6.45) is 0. The zero-order valence-corrected chi connectivity index (χ0v) is 10.1. The fourth-order valence-corrected chi connectivity index (χ4v) is 1.86. The van der Waals surface area contributed by atoms with Crippen LogP contribution in [0.3, 0.4) is 0 Å². The molecule has 1 heterocycles. The van der Waals surface area contributed by atoms with Crippen molar-refractivity contribution in [3.05, 3.63) is 16.1 Å². The zero-order valence-electron chi connectivity index (χ0n) is 9.24. The molecule has 0 unspecified atom stereocenters. The van der Waals surface area contributed by atoms with E-state index in [1.807, 2.05) is 33.3 Å². The summed E-state index contributed by atoms with van der Waals surface area (Å²) in [7, 11) is 2.02. The molecule has 1 N–H and O–H groups in total. The van der Waals surface area contributed by atoms with Gasteiger partial charge >= 0.3 is 0 Å². The largest absolute Gasteiger partial charge is 0.394 e. The fourth-order valence-electron chi connectivity index (χ4n) is 1.03. The van der Waals surface area contributed by atoms with Crippen LogP contribution < -0.4 is 0 Å². The third kappa shape index (κ3) is 2.53. The van der Waals surface area contributed by atoms with Crippen molar-refractivity contribution in [1.29, 1.82) is 0 Å². The second-order valence-corrected chi connectivity index (χ2v) is 5.13. The molecule has 3 nitrogen and oxygen atoms in total. The minimum absolute atomic E-state index is 0.168. The highest BCUT2D eigenvalue weighted by Gasteiger charge is 2.23. The van der Waals surface area contributed by atoms with Gasteiger partial charge in [0.05, 0.1) is 17.8 Å². The Morgan fingerprint density at radius 2 is 2.21 bits per heavy atom. The van der Waals surface area contributed by atoms with E-state index < -0.39 is 0 Å². The van der Waals surface area contributed by atoms with Crippen LogP contribution in [0.5, 0.6) is 0 Å². The van der Waals surface area contributed by atoms with Gasteiger partial charge in [-0.2, -0.15) is 0 Å². The van der Waals surface area contributed by atoms with Gasteiger partial charge in [0.1, 0.15) is 0 Å². The van der Waals surface area contributed by atoms with E-state index in [2.05, 4.69) is 9.88 Å². The molecule has 0 fully saturated rings. The average molecular weight is 214 g/mol. The van der Waals surface area contributed by atoms with Gasteiger partial charge in [-0.15, -0.1) is 11.3 Å². The highest BCUT2D eigenvalue weighted by molar-refractivity contribution is 7.09. The molecule has 0 atom stereocenters. The lowest BCUT2D eigenvalue weighted by molar-refractivity contribution is 0.0740. The zero-order chi connectivity index (χ0) is 10.8. The average Bonchev–Trinajstić information content (AvgIpc) is 2.52. The lowest BCUT2D eigenvalue weighted by atomic mass is 10.1. The first-order valence-corrected chi connectivity index (χ1v) is 5.56. The smallest absolute Gasteiger partial charge is 0.0798 e. The minimum atomic E-state index is -0.170. The van der Waals surface area contributed by atoms with Crippen LogP contribution in [0.15, 0.2) is 5.51 Å². The molecular formula is C10H18N2OS. The monoisotopic (exact) mass is 214 g/mol. The predicted octanol–water partition coefficient (Wildman–Crippen LogP) is 1.65. The molecule has 0 radical (unpaired) electrons. The number of rotatable bonds is 4. The van der Waals surface area contributed by atoms with Gasteiger partial charge in [0.15, 0.2) is 0 Å². The second-order valence-electron chi connectivity index (χ2n) is 4.19. The maximum absolute atomic E-state index is 9.21. The number of aliphatic hydroxyl groups is 1. The summed E-state index contributed by atoms with van der Waals surface area (Å²) in [5, 5.41) is 9.21. The highest BCUT2D eigenvalue weighted by Crippen LogP contribution is 2.19. The SMILES string of the molecule is Cc1ncsc1CN(C)C(C)(C)CO. The number of hydrogen-bond donors (Lipinski definition) is 1. The van der Waals surface area contributed by atoms with Gasteiger partial charge in [-0.1, -0.05) is 0 Å². The van der Waals surface area contributed by atoms with Crippen molar-refractivity contribution in [3.8, 4) is 0 Å². The molecule has 0 aliphatic rings. The summed E-state index contributed by atoms with van der Waals surface area (Å²) >= 11 is 1.67. The standard InChI is InChI=1S/C10H18N2OS/c1-8-9(14-7-11-8)5-12(4)10(2,3)6-13/h7,13H,5-6H2,1-4H3. The van der Waals surface area contributed by atoms with E-state index in [-0.39, 0.29) is 12.1 Å². The van der Waals surface area contributed by atoms with Crippen LogP contribution in [0.1, 0.15) is 24.4 Å². The first kappa shape index (κ1) is 11.6. The van der Waals surface area contributed by atoms with Gasteiger partial charge in [0.2, 0.25) is 0 Å². The second kappa shape index (κ2) is 4.38. The number of thiazole rings is 1. The van der Waals surface area contributed by atoms with Crippen LogP contribution in [-0.4, -0.2) is 34.2 Å². The number of aliphatic hydroxyl groups excluding tert-OH is 1. The third-order valence-electron chi connectivity index (χ3n) is 2.65. The molecule has 0 aliphatic carbocycles. The van der Waals surface area contributed by atoms with E-state index in [1.165, 1.54) is 4.88 Å². The van der Waals surface area contributed by atoms with E-state index in [9.17, 15) is 5.11 Å². The highest BCUT2D eigenvalue weighted by atomic mass is 32.1. The van der Waals surface area contributed by atoms with Gasteiger partial charge < -0.3 is 5.11 Å². The van der Waals surface area contributed by atoms with Gasteiger partial charge in [-0.05, 0) is 27.8 Å². The van der Waals surface area contributed by atoms with Crippen molar-refractivity contribution in [2.75, 3.05) is 13.7 Å². The van der Waals surface area contributed by atoms with Crippen molar-refractivity contribution in [2.24, 2.45) is 0 Å². The van der Waals surface area contributed by atoms with E-state index in [1.54, 1.807) is 11.3 Å². The number of likely N-dealkylation sites (N-methyl/N-ethyl adjacent to an activating group) is 1. The van der Waals surface area contributed by atoms with Crippen molar-refractivity contribution >= 4 is 11.3 Å². The number of hydrogen-bond acceptors (Lipinski definition) is 4. The molecule has 1 aromatic rings. The van der Waals surface area contributed by atoms with Crippen molar-refractivity contribution in [2.45, 2.75) is 32.9 Å². The van der Waals surface area contributed by atoms with Crippen LogP contribution in [0.4, 0.5) is 0 Å². The molecule has 0 aliphatic heterocycles. The maximum atomic E-state index is 9.21. The molecule has 0 saturated heterocycles. The van der Waals surface area contributed by atoms with E-state index in [0.717, 1.165) is 12.2 Å². The van der Waals surface area contributed by atoms with Crippen LogP contribution in [-0.2, 0) is 6.54 Å². The molecule has 0 aromatic carbocycles. The van der Waals surface area contributed by atoms with Gasteiger partial charge in [-0.3, -0.25) is 4.90 Å². The van der Waals surface area contributed by atoms with Crippen LogP contribution in [0, 0.1) is 6.92 Å². The van der Waals surface area contributed by atoms with E-state index in [0.29, 0.717) is 0 Å². The maximum Gasteiger partial charge on any atom is 0.0798 e. The Bertz CT molecular complexity index is 296. The Kier molecular flexibility index (Phi) is 3.64. The van der Waals surface area contributed by atoms with E-state index >= 15 is 0 Å².